The molecule has 2 heteroatoms. The van der Waals surface area contributed by atoms with Crippen molar-refractivity contribution >= 4 is 23.7 Å². The standard InChI is InChI=1S/C38H46O2/c1-33(2)29-21-25-35(33,5)31(39)37(29,23-13-19-27-15-9-7-10-16-27)38(24-14-20-28-17-11-8-12-18-28)30-22-26-36(6,32(38)40)34(30,3)4/h7-20,29-30H,21-26H2,1-6H3/b19-13-,20-14+/t29-,30-,35-,36+,37+,38+/m0/s1. The Morgan fingerprint density at radius 3 is 1.25 bits per heavy atom. The molecule has 4 aliphatic rings. The van der Waals surface area contributed by atoms with Crippen molar-refractivity contribution in [2.24, 2.45) is 44.3 Å². The molecule has 4 bridgehead atoms. The highest BCUT2D eigenvalue weighted by molar-refractivity contribution is 6.05. The fourth-order valence-electron chi connectivity index (χ4n) is 10.6. The van der Waals surface area contributed by atoms with E-state index in [2.05, 4.69) is 114 Å². The number of hydrogen-bond acceptors (Lipinski definition) is 2. The molecule has 0 aromatic heterocycles. The molecule has 0 amide bonds. The van der Waals surface area contributed by atoms with E-state index in [4.69, 9.17) is 0 Å². The maximum absolute atomic E-state index is 15.2. The first-order valence-corrected chi connectivity index (χ1v) is 15.4. The molecule has 0 heterocycles. The summed E-state index contributed by atoms with van der Waals surface area (Å²) in [6.45, 7) is 13.7. The topological polar surface area (TPSA) is 34.1 Å². The van der Waals surface area contributed by atoms with Crippen molar-refractivity contribution in [2.75, 3.05) is 0 Å². The van der Waals surface area contributed by atoms with Crippen molar-refractivity contribution in [1.82, 2.24) is 0 Å². The van der Waals surface area contributed by atoms with Crippen LogP contribution in [0, 0.1) is 44.3 Å². The smallest absolute Gasteiger partial charge is 0.147 e. The molecule has 4 saturated carbocycles. The van der Waals surface area contributed by atoms with Crippen LogP contribution in [0.4, 0.5) is 0 Å². The molecule has 6 rings (SSSR count). The van der Waals surface area contributed by atoms with Crippen molar-refractivity contribution in [3.05, 3.63) is 83.9 Å². The molecule has 4 fully saturated rings. The lowest BCUT2D eigenvalue weighted by Gasteiger charge is -2.55. The summed E-state index contributed by atoms with van der Waals surface area (Å²) in [6, 6.07) is 20.7. The van der Waals surface area contributed by atoms with E-state index in [1.807, 2.05) is 12.1 Å². The van der Waals surface area contributed by atoms with E-state index >= 15 is 9.59 Å². The van der Waals surface area contributed by atoms with Gasteiger partial charge in [-0.05, 0) is 72.3 Å². The Hall–Kier alpha value is -2.74. The van der Waals surface area contributed by atoms with Gasteiger partial charge in [0.25, 0.3) is 0 Å². The van der Waals surface area contributed by atoms with Gasteiger partial charge in [0.2, 0.25) is 0 Å². The van der Waals surface area contributed by atoms with Gasteiger partial charge in [-0.15, -0.1) is 0 Å². The van der Waals surface area contributed by atoms with E-state index in [1.54, 1.807) is 0 Å². The van der Waals surface area contributed by atoms with Gasteiger partial charge in [0, 0.05) is 21.7 Å². The highest BCUT2D eigenvalue weighted by Crippen LogP contribution is 2.83. The molecule has 6 atom stereocenters. The predicted molar refractivity (Wildman–Crippen MR) is 164 cm³/mol. The van der Waals surface area contributed by atoms with Crippen LogP contribution in [-0.2, 0) is 9.59 Å². The summed E-state index contributed by atoms with van der Waals surface area (Å²) in [5.41, 5.74) is -0.211. The van der Waals surface area contributed by atoms with Gasteiger partial charge < -0.3 is 0 Å². The molecule has 40 heavy (non-hydrogen) atoms. The van der Waals surface area contributed by atoms with E-state index in [-0.39, 0.29) is 22.7 Å². The van der Waals surface area contributed by atoms with Crippen LogP contribution in [0.2, 0.25) is 0 Å². The summed E-state index contributed by atoms with van der Waals surface area (Å²) in [5, 5.41) is 0. The summed E-state index contributed by atoms with van der Waals surface area (Å²) in [6.07, 6.45) is 14.0. The highest BCUT2D eigenvalue weighted by atomic mass is 16.1. The van der Waals surface area contributed by atoms with Crippen LogP contribution in [-0.4, -0.2) is 11.6 Å². The van der Waals surface area contributed by atoms with Crippen LogP contribution < -0.4 is 0 Å². The second-order valence-corrected chi connectivity index (χ2v) is 14.9. The lowest BCUT2D eigenvalue weighted by Crippen LogP contribution is -2.59. The Morgan fingerprint density at radius 2 is 0.950 bits per heavy atom. The lowest BCUT2D eigenvalue weighted by molar-refractivity contribution is -0.163. The van der Waals surface area contributed by atoms with Crippen molar-refractivity contribution < 1.29 is 9.59 Å². The molecule has 0 N–H and O–H groups in total. The van der Waals surface area contributed by atoms with Gasteiger partial charge in [-0.2, -0.15) is 0 Å². The Morgan fingerprint density at radius 1 is 0.600 bits per heavy atom. The van der Waals surface area contributed by atoms with E-state index in [9.17, 15) is 0 Å². The van der Waals surface area contributed by atoms with Crippen molar-refractivity contribution in [3.8, 4) is 0 Å². The number of hydrogen-bond donors (Lipinski definition) is 0. The zero-order valence-electron chi connectivity index (χ0n) is 25.3. The van der Waals surface area contributed by atoms with Crippen LogP contribution in [0.1, 0.15) is 91.2 Å². The quantitative estimate of drug-likeness (QED) is 0.355. The van der Waals surface area contributed by atoms with Crippen molar-refractivity contribution in [2.45, 2.75) is 80.1 Å². The predicted octanol–water partition coefficient (Wildman–Crippen LogP) is 9.22. The number of carbonyl (C=O) groups excluding carboxylic acids is 2. The SMILES string of the molecule is CC1(C)[C@@H]2CC[C@@]1(C)C(=O)[C@]2(C/C=C\c1ccccc1)[C@@]1(C/C=C/c2ccccc2)C(=O)[C@@]2(C)CC[C@H]1C2(C)C. The number of benzene rings is 2. The molecule has 4 aliphatic carbocycles. The Labute approximate surface area is 241 Å². The molecule has 2 aromatic carbocycles. The highest BCUT2D eigenvalue weighted by Gasteiger charge is 2.85. The summed E-state index contributed by atoms with van der Waals surface area (Å²) in [4.78, 5) is 30.4. The molecule has 0 unspecified atom stereocenters. The number of Topliss-reactive ketones (excluding diaryl/α,β-unsaturated/α-hetero) is 2. The van der Waals surface area contributed by atoms with Crippen molar-refractivity contribution in [1.29, 1.82) is 0 Å². The monoisotopic (exact) mass is 534 g/mol. The zero-order chi connectivity index (χ0) is 28.6. The fourth-order valence-corrected chi connectivity index (χ4v) is 10.6. The van der Waals surface area contributed by atoms with Gasteiger partial charge in [0.15, 0.2) is 0 Å². The normalized spacial score (nSPS) is 39.2. The lowest BCUT2D eigenvalue weighted by atomic mass is 9.45. The molecular formula is C38H46O2. The third-order valence-electron chi connectivity index (χ3n) is 13.4. The number of ketones is 2. The minimum Gasteiger partial charge on any atom is -0.298 e. The number of carbonyl (C=O) groups is 2. The first-order chi connectivity index (χ1) is 18.9. The third-order valence-corrected chi connectivity index (χ3v) is 13.4. The first-order valence-electron chi connectivity index (χ1n) is 15.4. The third kappa shape index (κ3) is 3.17. The van der Waals surface area contributed by atoms with Gasteiger partial charge in [-0.1, -0.05) is 127 Å². The summed E-state index contributed by atoms with van der Waals surface area (Å²) >= 11 is 0. The molecule has 2 nitrogen and oxygen atoms in total. The molecule has 210 valence electrons. The average Bonchev–Trinajstić information content (AvgIpc) is 3.42. The van der Waals surface area contributed by atoms with Gasteiger partial charge in [0.05, 0.1) is 0 Å². The number of rotatable bonds is 7. The second kappa shape index (κ2) is 8.88. The van der Waals surface area contributed by atoms with Crippen LogP contribution in [0.15, 0.2) is 72.8 Å². The minimum absolute atomic E-state index is 0.145. The molecule has 0 spiro atoms. The number of allylic oxidation sites excluding steroid dienone is 2. The summed E-state index contributed by atoms with van der Waals surface area (Å²) in [7, 11) is 0. The van der Waals surface area contributed by atoms with Gasteiger partial charge in [-0.25, -0.2) is 0 Å². The van der Waals surface area contributed by atoms with Gasteiger partial charge in [-0.3, -0.25) is 9.59 Å². The van der Waals surface area contributed by atoms with Crippen LogP contribution in [0.3, 0.4) is 0 Å². The Balaban J connectivity index is 1.56. The molecule has 0 aliphatic heterocycles. The Kier molecular flexibility index (Phi) is 6.09. The van der Waals surface area contributed by atoms with E-state index < -0.39 is 21.7 Å². The van der Waals surface area contributed by atoms with Crippen LogP contribution in [0.25, 0.3) is 12.2 Å². The largest absolute Gasteiger partial charge is 0.298 e. The van der Waals surface area contributed by atoms with E-state index in [0.29, 0.717) is 24.4 Å². The second-order valence-electron chi connectivity index (χ2n) is 14.9. The van der Waals surface area contributed by atoms with Crippen molar-refractivity contribution in [3.63, 3.8) is 0 Å². The number of fused-ring (bicyclic) bond motifs is 4. The van der Waals surface area contributed by atoms with Crippen LogP contribution in [0.5, 0.6) is 0 Å². The summed E-state index contributed by atoms with van der Waals surface area (Å²) < 4.78 is 0. The molecule has 0 radical (unpaired) electrons. The van der Waals surface area contributed by atoms with E-state index in [0.717, 1.165) is 36.8 Å². The maximum Gasteiger partial charge on any atom is 0.147 e. The summed E-state index contributed by atoms with van der Waals surface area (Å²) in [5.74, 6) is 1.11. The average molecular weight is 535 g/mol. The first kappa shape index (κ1) is 27.4. The molecule has 0 saturated heterocycles. The van der Waals surface area contributed by atoms with E-state index in [1.165, 1.54) is 0 Å². The fraction of sp³-hybridized carbons (Fsp3) is 0.526. The van der Waals surface area contributed by atoms with Crippen LogP contribution >= 0.6 is 0 Å². The molecular weight excluding hydrogens is 488 g/mol. The van der Waals surface area contributed by atoms with Gasteiger partial charge >= 0.3 is 0 Å². The zero-order valence-corrected chi connectivity index (χ0v) is 25.3. The minimum atomic E-state index is -0.701. The maximum atomic E-state index is 15.2. The Bertz CT molecular complexity index is 1270. The molecule has 2 aromatic rings. The van der Waals surface area contributed by atoms with Gasteiger partial charge in [0.1, 0.15) is 11.6 Å².